The monoisotopic (exact) mass is 358 g/mol. The fraction of sp³-hybridized carbons (Fsp3) is 0.421. The summed E-state index contributed by atoms with van der Waals surface area (Å²) in [6.45, 7) is 5.37. The zero-order valence-corrected chi connectivity index (χ0v) is 14.9. The number of aromatic nitrogens is 1. The number of ether oxygens (including phenoxy) is 2. The Kier molecular flexibility index (Phi) is 5.37. The molecule has 1 aliphatic heterocycles. The summed E-state index contributed by atoms with van der Waals surface area (Å²) in [5.41, 5.74) is 2.57. The molecule has 1 fully saturated rings. The molecular weight excluding hydrogens is 336 g/mol. The van der Waals surface area contributed by atoms with Crippen molar-refractivity contribution in [2.45, 2.75) is 39.3 Å². The van der Waals surface area contributed by atoms with Gasteiger partial charge in [0.2, 0.25) is 5.78 Å². The van der Waals surface area contributed by atoms with Gasteiger partial charge in [-0.3, -0.25) is 14.9 Å². The van der Waals surface area contributed by atoms with Crippen LogP contribution in [0.25, 0.3) is 0 Å². The Bertz CT molecular complexity index is 804. The molecule has 1 aromatic carbocycles. The van der Waals surface area contributed by atoms with E-state index in [1.54, 1.807) is 0 Å². The molecule has 0 spiro atoms. The van der Waals surface area contributed by atoms with Crippen LogP contribution in [0.3, 0.4) is 0 Å². The lowest BCUT2D eigenvalue weighted by Gasteiger charge is -2.14. The molecule has 0 unspecified atom stereocenters. The van der Waals surface area contributed by atoms with Gasteiger partial charge in [0.15, 0.2) is 6.61 Å². The molecule has 138 valence electrons. The van der Waals surface area contributed by atoms with Crippen molar-refractivity contribution in [1.82, 2.24) is 4.57 Å². The Balaban J connectivity index is 1.65. The zero-order chi connectivity index (χ0) is 18.7. The molecule has 1 saturated heterocycles. The molecule has 1 aliphatic rings. The normalized spacial score (nSPS) is 16.6. The summed E-state index contributed by atoms with van der Waals surface area (Å²) < 4.78 is 13.3. The first-order chi connectivity index (χ1) is 12.5. The molecular formula is C19H22N2O5. The van der Waals surface area contributed by atoms with Gasteiger partial charge in [0.05, 0.1) is 11.0 Å². The van der Waals surface area contributed by atoms with Gasteiger partial charge in [0.25, 0.3) is 5.69 Å². The summed E-state index contributed by atoms with van der Waals surface area (Å²) in [5.74, 6) is 0.312. The zero-order valence-electron chi connectivity index (χ0n) is 14.9. The van der Waals surface area contributed by atoms with Gasteiger partial charge in [0.1, 0.15) is 5.75 Å². The first kappa shape index (κ1) is 18.1. The van der Waals surface area contributed by atoms with Crippen LogP contribution >= 0.6 is 0 Å². The number of carbonyl (C=O) groups excluding carboxylic acids is 1. The van der Waals surface area contributed by atoms with Crippen molar-refractivity contribution in [3.63, 3.8) is 0 Å². The topological polar surface area (TPSA) is 83.6 Å². The molecule has 0 N–H and O–H groups in total. The lowest BCUT2D eigenvalue weighted by Crippen LogP contribution is -2.18. The quantitative estimate of drug-likeness (QED) is 0.430. The third-order valence-electron chi connectivity index (χ3n) is 4.70. The average molecular weight is 358 g/mol. The van der Waals surface area contributed by atoms with Gasteiger partial charge in [-0.15, -0.1) is 0 Å². The van der Waals surface area contributed by atoms with E-state index < -0.39 is 4.92 Å². The van der Waals surface area contributed by atoms with E-state index in [0.29, 0.717) is 11.3 Å². The van der Waals surface area contributed by atoms with Gasteiger partial charge in [-0.1, -0.05) is 0 Å². The molecule has 0 aliphatic carbocycles. The second-order valence-electron chi connectivity index (χ2n) is 6.49. The summed E-state index contributed by atoms with van der Waals surface area (Å²) in [4.78, 5) is 22.7. The highest BCUT2D eigenvalue weighted by Crippen LogP contribution is 2.22. The van der Waals surface area contributed by atoms with Crippen LogP contribution in [0, 0.1) is 24.0 Å². The lowest BCUT2D eigenvalue weighted by molar-refractivity contribution is -0.384. The SMILES string of the molecule is Cc1cc(C(=O)COc2ccc([N+](=O)[O-])cc2)c(C)n1C[C@H]1CCCO1. The molecule has 0 amide bonds. The fourth-order valence-corrected chi connectivity index (χ4v) is 3.25. The van der Waals surface area contributed by atoms with E-state index in [9.17, 15) is 14.9 Å². The Morgan fingerprint density at radius 2 is 2.08 bits per heavy atom. The number of rotatable bonds is 7. The minimum Gasteiger partial charge on any atom is -0.485 e. The summed E-state index contributed by atoms with van der Waals surface area (Å²) in [5, 5.41) is 10.7. The third kappa shape index (κ3) is 3.94. The van der Waals surface area contributed by atoms with Crippen LogP contribution in [0.5, 0.6) is 5.75 Å². The summed E-state index contributed by atoms with van der Waals surface area (Å²) in [6, 6.07) is 7.57. The van der Waals surface area contributed by atoms with Crippen molar-refractivity contribution < 1.29 is 19.2 Å². The van der Waals surface area contributed by atoms with Crippen LogP contribution in [-0.4, -0.2) is 34.6 Å². The van der Waals surface area contributed by atoms with Crippen LogP contribution < -0.4 is 4.74 Å². The molecule has 3 rings (SSSR count). The number of hydrogen-bond donors (Lipinski definition) is 0. The summed E-state index contributed by atoms with van der Waals surface area (Å²) in [7, 11) is 0. The molecule has 1 aromatic heterocycles. The number of nitro benzene ring substituents is 1. The fourth-order valence-electron chi connectivity index (χ4n) is 3.25. The van der Waals surface area contributed by atoms with Gasteiger partial charge in [-0.25, -0.2) is 0 Å². The third-order valence-corrected chi connectivity index (χ3v) is 4.70. The summed E-state index contributed by atoms with van der Waals surface area (Å²) in [6.07, 6.45) is 2.33. The number of hydrogen-bond acceptors (Lipinski definition) is 5. The first-order valence-electron chi connectivity index (χ1n) is 8.64. The maximum atomic E-state index is 12.5. The van der Waals surface area contributed by atoms with Gasteiger partial charge in [-0.2, -0.15) is 0 Å². The van der Waals surface area contributed by atoms with Crippen molar-refractivity contribution in [3.8, 4) is 5.75 Å². The van der Waals surface area contributed by atoms with Crippen molar-refractivity contribution in [2.24, 2.45) is 0 Å². The van der Waals surface area contributed by atoms with Gasteiger partial charge in [-0.05, 0) is 44.9 Å². The minimum absolute atomic E-state index is 0.0126. The highest BCUT2D eigenvalue weighted by atomic mass is 16.6. The highest BCUT2D eigenvalue weighted by Gasteiger charge is 2.21. The number of non-ortho nitro benzene ring substituents is 1. The van der Waals surface area contributed by atoms with E-state index in [2.05, 4.69) is 4.57 Å². The Hall–Kier alpha value is -2.67. The van der Waals surface area contributed by atoms with E-state index in [1.807, 2.05) is 19.9 Å². The maximum absolute atomic E-state index is 12.5. The van der Waals surface area contributed by atoms with Crippen molar-refractivity contribution in [2.75, 3.05) is 13.2 Å². The molecule has 7 heteroatoms. The number of benzene rings is 1. The largest absolute Gasteiger partial charge is 0.485 e. The number of carbonyl (C=O) groups is 1. The number of Topliss-reactive ketones (excluding diaryl/α,β-unsaturated/α-hetero) is 1. The average Bonchev–Trinajstić information content (AvgIpc) is 3.24. The number of aryl methyl sites for hydroxylation is 1. The highest BCUT2D eigenvalue weighted by molar-refractivity contribution is 5.98. The van der Waals surface area contributed by atoms with E-state index in [0.717, 1.165) is 37.4 Å². The number of ketones is 1. The van der Waals surface area contributed by atoms with Crippen molar-refractivity contribution >= 4 is 11.5 Å². The van der Waals surface area contributed by atoms with E-state index >= 15 is 0 Å². The van der Waals surface area contributed by atoms with Crippen molar-refractivity contribution in [3.05, 3.63) is 57.4 Å². The number of nitro groups is 1. The smallest absolute Gasteiger partial charge is 0.269 e. The molecule has 0 bridgehead atoms. The van der Waals surface area contributed by atoms with Gasteiger partial charge in [0, 0.05) is 42.2 Å². The standard InChI is InChI=1S/C19H22N2O5/c1-13-10-18(14(2)20(13)11-17-4-3-9-25-17)19(22)12-26-16-7-5-15(6-8-16)21(23)24/h5-8,10,17H,3-4,9,11-12H2,1-2H3/t17-/m1/s1. The molecule has 7 nitrogen and oxygen atoms in total. The van der Waals surface area contributed by atoms with Crippen LogP contribution in [0.2, 0.25) is 0 Å². The lowest BCUT2D eigenvalue weighted by atomic mass is 10.1. The predicted octanol–water partition coefficient (Wildman–Crippen LogP) is 3.45. The van der Waals surface area contributed by atoms with Crippen LogP contribution in [0.1, 0.15) is 34.6 Å². The minimum atomic E-state index is -0.474. The van der Waals surface area contributed by atoms with Crippen LogP contribution in [0.15, 0.2) is 30.3 Å². The van der Waals surface area contributed by atoms with E-state index in [1.165, 1.54) is 24.3 Å². The molecule has 0 radical (unpaired) electrons. The Morgan fingerprint density at radius 3 is 2.69 bits per heavy atom. The Labute approximate surface area is 151 Å². The predicted molar refractivity (Wildman–Crippen MR) is 95.8 cm³/mol. The molecule has 0 saturated carbocycles. The summed E-state index contributed by atoms with van der Waals surface area (Å²) >= 11 is 0. The van der Waals surface area contributed by atoms with Crippen LogP contribution in [-0.2, 0) is 11.3 Å². The maximum Gasteiger partial charge on any atom is 0.269 e. The number of nitrogens with zero attached hydrogens (tertiary/aromatic N) is 2. The molecule has 2 aromatic rings. The molecule has 1 atom stereocenters. The Morgan fingerprint density at radius 1 is 1.35 bits per heavy atom. The second-order valence-corrected chi connectivity index (χ2v) is 6.49. The second kappa shape index (κ2) is 7.70. The van der Waals surface area contributed by atoms with Crippen LogP contribution in [0.4, 0.5) is 5.69 Å². The van der Waals surface area contributed by atoms with Gasteiger partial charge >= 0.3 is 0 Å². The first-order valence-corrected chi connectivity index (χ1v) is 8.64. The van der Waals surface area contributed by atoms with Gasteiger partial charge < -0.3 is 14.0 Å². The molecule has 2 heterocycles. The van der Waals surface area contributed by atoms with Crippen molar-refractivity contribution in [1.29, 1.82) is 0 Å². The molecule has 26 heavy (non-hydrogen) atoms. The van der Waals surface area contributed by atoms with E-state index in [4.69, 9.17) is 9.47 Å². The van der Waals surface area contributed by atoms with E-state index in [-0.39, 0.29) is 24.2 Å².